The molecule has 0 rings (SSSR count). The van der Waals surface area contributed by atoms with E-state index >= 15 is 0 Å². The van der Waals surface area contributed by atoms with Crippen LogP contribution in [-0.2, 0) is 18.9 Å². The number of rotatable bonds is 11. The second-order valence-electron chi connectivity index (χ2n) is 6.29. The molecule has 0 saturated carbocycles. The maximum atomic E-state index is 14.2. The van der Waals surface area contributed by atoms with E-state index in [4.69, 9.17) is 0 Å². The van der Waals surface area contributed by atoms with E-state index in [1.165, 1.54) is 0 Å². The van der Waals surface area contributed by atoms with Gasteiger partial charge in [-0.25, -0.2) is 17.6 Å². The first-order valence-corrected chi connectivity index (χ1v) is 7.01. The van der Waals surface area contributed by atoms with Crippen LogP contribution in [0.2, 0.25) is 0 Å². The SMILES string of the molecule is COCC(F)(F)OC(C)(C)C(F)C(F)OC(C)(C)C(F)(F)COC. The van der Waals surface area contributed by atoms with Crippen LogP contribution in [0.1, 0.15) is 27.7 Å². The van der Waals surface area contributed by atoms with E-state index in [1.807, 2.05) is 0 Å². The van der Waals surface area contributed by atoms with Gasteiger partial charge in [0.15, 0.2) is 6.17 Å². The van der Waals surface area contributed by atoms with Crippen LogP contribution in [0.5, 0.6) is 0 Å². The molecule has 0 heterocycles. The highest BCUT2D eigenvalue weighted by Gasteiger charge is 2.53. The lowest BCUT2D eigenvalue weighted by Crippen LogP contribution is -2.54. The average molecular weight is 370 g/mol. The van der Waals surface area contributed by atoms with E-state index < -0.39 is 49.0 Å². The Balaban J connectivity index is 5.06. The van der Waals surface area contributed by atoms with Crippen LogP contribution >= 0.6 is 0 Å². The molecule has 0 saturated heterocycles. The minimum atomic E-state index is -3.89. The third kappa shape index (κ3) is 6.38. The first-order chi connectivity index (χ1) is 10.6. The van der Waals surface area contributed by atoms with Crippen LogP contribution in [-0.4, -0.2) is 63.2 Å². The van der Waals surface area contributed by atoms with Crippen molar-refractivity contribution < 1.29 is 45.3 Å². The summed E-state index contributed by atoms with van der Waals surface area (Å²) in [5.74, 6) is -3.64. The number of hydrogen-bond donors (Lipinski definition) is 0. The van der Waals surface area contributed by atoms with Crippen molar-refractivity contribution in [2.24, 2.45) is 0 Å². The molecule has 2 atom stereocenters. The number of methoxy groups -OCH3 is 2. The summed E-state index contributed by atoms with van der Waals surface area (Å²) < 4.78 is 99.7. The Bertz CT molecular complexity index is 389. The lowest BCUT2D eigenvalue weighted by atomic mass is 9.99. The molecule has 0 bridgehead atoms. The highest BCUT2D eigenvalue weighted by molar-refractivity contribution is 4.90. The van der Waals surface area contributed by atoms with Crippen LogP contribution in [0.4, 0.5) is 26.3 Å². The summed E-state index contributed by atoms with van der Waals surface area (Å²) in [6.45, 7) is 1.08. The quantitative estimate of drug-likeness (QED) is 0.520. The highest BCUT2D eigenvalue weighted by Crippen LogP contribution is 2.37. The van der Waals surface area contributed by atoms with Gasteiger partial charge in [-0.05, 0) is 27.7 Å². The number of halogens is 6. The fraction of sp³-hybridized carbons (Fsp3) is 1.00. The molecular weight excluding hydrogens is 346 g/mol. The van der Waals surface area contributed by atoms with Gasteiger partial charge < -0.3 is 18.9 Å². The third-order valence-corrected chi connectivity index (χ3v) is 3.23. The zero-order valence-corrected chi connectivity index (χ0v) is 14.5. The van der Waals surface area contributed by atoms with Crippen LogP contribution < -0.4 is 0 Å². The summed E-state index contributed by atoms with van der Waals surface area (Å²) in [5, 5.41) is 0. The van der Waals surface area contributed by atoms with Crippen molar-refractivity contribution in [3.63, 3.8) is 0 Å². The molecule has 0 aromatic heterocycles. The van der Waals surface area contributed by atoms with Crippen LogP contribution in [0.3, 0.4) is 0 Å². The first-order valence-electron chi connectivity index (χ1n) is 7.01. The summed E-state index contributed by atoms with van der Waals surface area (Å²) in [5.41, 5.74) is -4.81. The molecule has 0 aromatic carbocycles. The fourth-order valence-electron chi connectivity index (χ4n) is 1.74. The number of ether oxygens (including phenoxy) is 4. The van der Waals surface area contributed by atoms with Crippen molar-refractivity contribution in [3.8, 4) is 0 Å². The topological polar surface area (TPSA) is 36.9 Å². The van der Waals surface area contributed by atoms with Gasteiger partial charge in [-0.15, -0.1) is 0 Å². The van der Waals surface area contributed by atoms with Crippen molar-refractivity contribution in [2.45, 2.75) is 63.5 Å². The minimum Gasteiger partial charge on any atom is -0.378 e. The van der Waals surface area contributed by atoms with Gasteiger partial charge in [0, 0.05) is 14.2 Å². The summed E-state index contributed by atoms with van der Waals surface area (Å²) in [6.07, 6.45) is -9.59. The fourth-order valence-corrected chi connectivity index (χ4v) is 1.74. The number of alkyl halides is 6. The molecule has 0 N–H and O–H groups in total. The molecule has 10 heteroatoms. The van der Waals surface area contributed by atoms with Crippen molar-refractivity contribution >= 4 is 0 Å². The average Bonchev–Trinajstić information content (AvgIpc) is 2.35. The maximum absolute atomic E-state index is 14.2. The standard InChI is InChI=1S/C14H24F6O4/c1-11(2,24-14(19,20)8-22-6)9(15)10(16)23-12(3,4)13(17,18)7-21-5/h9-10H,7-8H2,1-6H3. The Kier molecular flexibility index (Phi) is 8.00. The molecule has 146 valence electrons. The first kappa shape index (κ1) is 23.4. The van der Waals surface area contributed by atoms with E-state index in [0.29, 0.717) is 0 Å². The van der Waals surface area contributed by atoms with Gasteiger partial charge in [0.25, 0.3) is 5.92 Å². The van der Waals surface area contributed by atoms with Gasteiger partial charge in [-0.2, -0.15) is 8.78 Å². The molecule has 4 nitrogen and oxygen atoms in total. The third-order valence-electron chi connectivity index (χ3n) is 3.23. The van der Waals surface area contributed by atoms with Crippen molar-refractivity contribution in [1.82, 2.24) is 0 Å². The molecule has 0 aromatic rings. The van der Waals surface area contributed by atoms with E-state index in [1.54, 1.807) is 0 Å². The van der Waals surface area contributed by atoms with Crippen LogP contribution in [0, 0.1) is 0 Å². The Morgan fingerprint density at radius 2 is 1.29 bits per heavy atom. The molecule has 0 radical (unpaired) electrons. The Hall–Kier alpha value is -0.580. The smallest absolute Gasteiger partial charge is 0.378 e. The molecule has 0 aliphatic heterocycles. The summed E-state index contributed by atoms with van der Waals surface area (Å²) >= 11 is 0. The Morgan fingerprint density at radius 3 is 1.71 bits per heavy atom. The molecule has 2 unspecified atom stereocenters. The molecule has 0 aliphatic carbocycles. The van der Waals surface area contributed by atoms with Gasteiger partial charge in [0.2, 0.25) is 6.36 Å². The monoisotopic (exact) mass is 370 g/mol. The van der Waals surface area contributed by atoms with E-state index in [0.717, 1.165) is 41.9 Å². The molecule has 0 aliphatic rings. The van der Waals surface area contributed by atoms with Gasteiger partial charge >= 0.3 is 6.11 Å². The zero-order valence-electron chi connectivity index (χ0n) is 14.5. The predicted octanol–water partition coefficient (Wildman–Crippen LogP) is 3.73. The summed E-state index contributed by atoms with van der Waals surface area (Å²) in [7, 11) is 1.97. The zero-order chi connectivity index (χ0) is 19.4. The van der Waals surface area contributed by atoms with Crippen molar-refractivity contribution in [1.29, 1.82) is 0 Å². The molecule has 24 heavy (non-hydrogen) atoms. The number of hydrogen-bond acceptors (Lipinski definition) is 4. The van der Waals surface area contributed by atoms with Gasteiger partial charge in [0.1, 0.15) is 24.4 Å². The highest BCUT2D eigenvalue weighted by atomic mass is 19.3. The van der Waals surface area contributed by atoms with E-state index in [-0.39, 0.29) is 0 Å². The van der Waals surface area contributed by atoms with Crippen LogP contribution in [0.15, 0.2) is 0 Å². The summed E-state index contributed by atoms with van der Waals surface area (Å²) in [4.78, 5) is 0. The second-order valence-corrected chi connectivity index (χ2v) is 6.29. The lowest BCUT2D eigenvalue weighted by molar-refractivity contribution is -0.333. The second kappa shape index (κ2) is 8.20. The Morgan fingerprint density at radius 1 is 0.833 bits per heavy atom. The van der Waals surface area contributed by atoms with E-state index in [2.05, 4.69) is 18.9 Å². The minimum absolute atomic E-state index is 0.832. The molecule has 0 fully saturated rings. The van der Waals surface area contributed by atoms with E-state index in [9.17, 15) is 26.3 Å². The normalized spacial score (nSPS) is 17.0. The predicted molar refractivity (Wildman–Crippen MR) is 73.8 cm³/mol. The van der Waals surface area contributed by atoms with Crippen molar-refractivity contribution in [2.75, 3.05) is 27.4 Å². The molecule has 0 amide bonds. The van der Waals surface area contributed by atoms with Gasteiger partial charge in [0.05, 0.1) is 0 Å². The summed E-state index contributed by atoms with van der Waals surface area (Å²) in [6, 6.07) is 0. The largest absolute Gasteiger partial charge is 0.379 e. The molecule has 0 spiro atoms. The Labute approximate surface area is 137 Å². The molecular formula is C14H24F6O4. The maximum Gasteiger partial charge on any atom is 0.379 e. The van der Waals surface area contributed by atoms with Gasteiger partial charge in [-0.1, -0.05) is 0 Å². The van der Waals surface area contributed by atoms with Crippen molar-refractivity contribution in [3.05, 3.63) is 0 Å². The van der Waals surface area contributed by atoms with Gasteiger partial charge in [-0.3, -0.25) is 0 Å². The van der Waals surface area contributed by atoms with Crippen LogP contribution in [0.25, 0.3) is 0 Å². The lowest BCUT2D eigenvalue weighted by Gasteiger charge is -2.38.